The molecule has 0 atom stereocenters. The molecule has 0 unspecified atom stereocenters. The van der Waals surface area contributed by atoms with Crippen LogP contribution in [0.5, 0.6) is 0 Å². The van der Waals surface area contributed by atoms with E-state index in [4.69, 9.17) is 11.6 Å². The Morgan fingerprint density at radius 1 is 1.41 bits per heavy atom. The van der Waals surface area contributed by atoms with Crippen molar-refractivity contribution < 1.29 is 0 Å². The SMILES string of the molecule is CN(C)c1ccncc1NCc1ncc(Cl)s1. The van der Waals surface area contributed by atoms with Crippen LogP contribution < -0.4 is 10.2 Å². The van der Waals surface area contributed by atoms with Gasteiger partial charge in [-0.15, -0.1) is 11.3 Å². The second-order valence-corrected chi connectivity index (χ2v) is 5.45. The summed E-state index contributed by atoms with van der Waals surface area (Å²) in [4.78, 5) is 10.3. The molecule has 6 heteroatoms. The Bertz CT molecular complexity index is 498. The molecular weight excluding hydrogens is 256 g/mol. The summed E-state index contributed by atoms with van der Waals surface area (Å²) in [7, 11) is 4.00. The molecule has 0 radical (unpaired) electrons. The molecule has 2 aromatic heterocycles. The summed E-state index contributed by atoms with van der Waals surface area (Å²) < 4.78 is 0.709. The first-order chi connectivity index (χ1) is 8.16. The summed E-state index contributed by atoms with van der Waals surface area (Å²) in [6.07, 6.45) is 5.25. The van der Waals surface area contributed by atoms with Gasteiger partial charge in [0.25, 0.3) is 0 Å². The fourth-order valence-electron chi connectivity index (χ4n) is 1.45. The summed E-state index contributed by atoms with van der Waals surface area (Å²) in [6, 6.07) is 1.97. The molecule has 0 spiro atoms. The van der Waals surface area contributed by atoms with Gasteiger partial charge in [0.2, 0.25) is 0 Å². The number of nitrogens with zero attached hydrogens (tertiary/aromatic N) is 3. The van der Waals surface area contributed by atoms with Crippen molar-refractivity contribution in [2.24, 2.45) is 0 Å². The van der Waals surface area contributed by atoms with E-state index in [1.54, 1.807) is 12.4 Å². The lowest BCUT2D eigenvalue weighted by molar-refractivity contribution is 1.07. The van der Waals surface area contributed by atoms with Crippen molar-refractivity contribution in [2.75, 3.05) is 24.3 Å². The molecule has 0 aliphatic carbocycles. The van der Waals surface area contributed by atoms with E-state index < -0.39 is 0 Å². The number of aromatic nitrogens is 2. The molecule has 0 aliphatic rings. The molecule has 0 aromatic carbocycles. The molecule has 2 heterocycles. The van der Waals surface area contributed by atoms with E-state index in [0.717, 1.165) is 16.4 Å². The number of pyridine rings is 1. The van der Waals surface area contributed by atoms with Gasteiger partial charge in [0.05, 0.1) is 30.3 Å². The van der Waals surface area contributed by atoms with Gasteiger partial charge in [-0.3, -0.25) is 4.98 Å². The van der Waals surface area contributed by atoms with E-state index in [0.29, 0.717) is 10.9 Å². The van der Waals surface area contributed by atoms with Crippen LogP contribution in [-0.4, -0.2) is 24.1 Å². The molecule has 0 bridgehead atoms. The normalized spacial score (nSPS) is 10.3. The first-order valence-electron chi connectivity index (χ1n) is 5.12. The van der Waals surface area contributed by atoms with Gasteiger partial charge in [0.15, 0.2) is 0 Å². The average molecular weight is 269 g/mol. The monoisotopic (exact) mass is 268 g/mol. The third-order valence-corrected chi connectivity index (χ3v) is 3.35. The first-order valence-corrected chi connectivity index (χ1v) is 6.31. The van der Waals surface area contributed by atoms with Crippen molar-refractivity contribution in [3.8, 4) is 0 Å². The minimum absolute atomic E-state index is 0.657. The number of anilines is 2. The Morgan fingerprint density at radius 2 is 2.24 bits per heavy atom. The van der Waals surface area contributed by atoms with E-state index in [1.165, 1.54) is 11.3 Å². The van der Waals surface area contributed by atoms with Crippen LogP contribution in [0.25, 0.3) is 0 Å². The molecule has 1 N–H and O–H groups in total. The molecule has 0 fully saturated rings. The molecule has 2 rings (SSSR count). The van der Waals surface area contributed by atoms with E-state index in [9.17, 15) is 0 Å². The van der Waals surface area contributed by atoms with Crippen LogP contribution >= 0.6 is 22.9 Å². The molecule has 0 amide bonds. The van der Waals surface area contributed by atoms with Gasteiger partial charge in [-0.2, -0.15) is 0 Å². The van der Waals surface area contributed by atoms with E-state index in [2.05, 4.69) is 15.3 Å². The maximum Gasteiger partial charge on any atom is 0.113 e. The third kappa shape index (κ3) is 3.08. The zero-order valence-corrected chi connectivity index (χ0v) is 11.2. The van der Waals surface area contributed by atoms with E-state index >= 15 is 0 Å². The number of hydrogen-bond acceptors (Lipinski definition) is 5. The number of thiazole rings is 1. The maximum absolute atomic E-state index is 5.83. The van der Waals surface area contributed by atoms with Crippen LogP contribution in [0, 0.1) is 0 Å². The number of rotatable bonds is 4. The Labute approximate surface area is 109 Å². The van der Waals surface area contributed by atoms with Crippen LogP contribution in [0.4, 0.5) is 11.4 Å². The zero-order valence-electron chi connectivity index (χ0n) is 9.64. The molecule has 17 heavy (non-hydrogen) atoms. The van der Waals surface area contributed by atoms with Crippen molar-refractivity contribution >= 4 is 34.3 Å². The number of halogens is 1. The van der Waals surface area contributed by atoms with Crippen molar-refractivity contribution in [1.82, 2.24) is 9.97 Å². The summed E-state index contributed by atoms with van der Waals surface area (Å²) in [6.45, 7) is 0.657. The van der Waals surface area contributed by atoms with Gasteiger partial charge >= 0.3 is 0 Å². The minimum Gasteiger partial charge on any atom is -0.376 e. The lowest BCUT2D eigenvalue weighted by atomic mass is 10.3. The smallest absolute Gasteiger partial charge is 0.113 e. The van der Waals surface area contributed by atoms with Gasteiger partial charge in [0, 0.05) is 20.3 Å². The van der Waals surface area contributed by atoms with Crippen molar-refractivity contribution in [2.45, 2.75) is 6.54 Å². The lowest BCUT2D eigenvalue weighted by Gasteiger charge is -2.17. The van der Waals surface area contributed by atoms with Gasteiger partial charge < -0.3 is 10.2 Å². The summed E-state index contributed by atoms with van der Waals surface area (Å²) >= 11 is 7.31. The highest BCUT2D eigenvalue weighted by molar-refractivity contribution is 7.15. The largest absolute Gasteiger partial charge is 0.376 e. The molecule has 0 saturated carbocycles. The molecule has 0 aliphatic heterocycles. The molecular formula is C11H13ClN4S. The Balaban J connectivity index is 2.08. The van der Waals surface area contributed by atoms with Crippen molar-refractivity contribution in [3.63, 3.8) is 0 Å². The average Bonchev–Trinajstić information content (AvgIpc) is 2.73. The fraction of sp³-hybridized carbons (Fsp3) is 0.273. The standard InChI is InChI=1S/C11H13ClN4S/c1-16(2)9-3-4-13-5-8(9)14-7-11-15-6-10(12)17-11/h3-6,14H,7H2,1-2H3. The number of hydrogen-bond donors (Lipinski definition) is 1. The maximum atomic E-state index is 5.83. The molecule has 2 aromatic rings. The van der Waals surface area contributed by atoms with Crippen LogP contribution in [0.15, 0.2) is 24.7 Å². The summed E-state index contributed by atoms with van der Waals surface area (Å²) in [5, 5.41) is 4.27. The van der Waals surface area contributed by atoms with Gasteiger partial charge in [0.1, 0.15) is 9.34 Å². The van der Waals surface area contributed by atoms with Gasteiger partial charge in [-0.05, 0) is 6.07 Å². The third-order valence-electron chi connectivity index (χ3n) is 2.24. The number of nitrogens with one attached hydrogen (secondary N) is 1. The molecule has 0 saturated heterocycles. The van der Waals surface area contributed by atoms with E-state index in [-0.39, 0.29) is 0 Å². The van der Waals surface area contributed by atoms with Crippen molar-refractivity contribution in [3.05, 3.63) is 34.0 Å². The quantitative estimate of drug-likeness (QED) is 0.926. The summed E-state index contributed by atoms with van der Waals surface area (Å²) in [5.41, 5.74) is 2.09. The Kier molecular flexibility index (Phi) is 3.81. The van der Waals surface area contributed by atoms with Crippen LogP contribution in [-0.2, 0) is 6.54 Å². The topological polar surface area (TPSA) is 41.1 Å². The summed E-state index contributed by atoms with van der Waals surface area (Å²) in [5.74, 6) is 0. The molecule has 90 valence electrons. The zero-order chi connectivity index (χ0) is 12.3. The van der Waals surface area contributed by atoms with Crippen LogP contribution in [0.2, 0.25) is 4.34 Å². The van der Waals surface area contributed by atoms with Crippen LogP contribution in [0.3, 0.4) is 0 Å². The highest BCUT2D eigenvalue weighted by Gasteiger charge is 2.05. The predicted octanol–water partition coefficient (Wildman–Crippen LogP) is 2.87. The Morgan fingerprint density at radius 3 is 2.88 bits per heavy atom. The second kappa shape index (κ2) is 5.33. The fourth-order valence-corrected chi connectivity index (χ4v) is 2.35. The minimum atomic E-state index is 0.657. The predicted molar refractivity (Wildman–Crippen MR) is 73.0 cm³/mol. The van der Waals surface area contributed by atoms with Gasteiger partial charge in [-0.25, -0.2) is 4.98 Å². The highest BCUT2D eigenvalue weighted by Crippen LogP contribution is 2.24. The Hall–Kier alpha value is -1.33. The van der Waals surface area contributed by atoms with E-state index in [1.807, 2.05) is 31.3 Å². The first kappa shape index (κ1) is 12.1. The second-order valence-electron chi connectivity index (χ2n) is 3.70. The lowest BCUT2D eigenvalue weighted by Crippen LogP contribution is -2.12. The van der Waals surface area contributed by atoms with Crippen molar-refractivity contribution in [1.29, 1.82) is 0 Å². The molecule has 4 nitrogen and oxygen atoms in total. The van der Waals surface area contributed by atoms with Gasteiger partial charge in [-0.1, -0.05) is 11.6 Å². The highest BCUT2D eigenvalue weighted by atomic mass is 35.5. The van der Waals surface area contributed by atoms with Crippen LogP contribution in [0.1, 0.15) is 5.01 Å².